The molecular weight excluding hydrogens is 418 g/mol. The highest BCUT2D eigenvalue weighted by atomic mass is 31.0. The van der Waals surface area contributed by atoms with Crippen LogP contribution in [0.4, 0.5) is 10.1 Å². The van der Waals surface area contributed by atoms with Crippen LogP contribution < -0.4 is 10.6 Å². The van der Waals surface area contributed by atoms with Crippen molar-refractivity contribution in [1.82, 2.24) is 4.98 Å². The Morgan fingerprint density at radius 1 is 1.12 bits per heavy atom. The van der Waals surface area contributed by atoms with Crippen LogP contribution in [0, 0.1) is 25.6 Å². The molecule has 1 aromatic heterocycles. The van der Waals surface area contributed by atoms with Gasteiger partial charge in [0, 0.05) is 28.2 Å². The molecule has 3 aromatic rings. The van der Waals surface area contributed by atoms with Gasteiger partial charge in [-0.1, -0.05) is 44.5 Å². The SMILES string of the molecule is CCC(C)CCc1c(C)[nH]c(/C=C2\C(=O)Nc3cccc(-c4c(F)cccc4P)c32)c1C. The van der Waals surface area contributed by atoms with E-state index in [-0.39, 0.29) is 11.7 Å². The fourth-order valence-corrected chi connectivity index (χ4v) is 4.90. The first-order valence-corrected chi connectivity index (χ1v) is 11.8. The number of aromatic nitrogens is 1. The minimum Gasteiger partial charge on any atom is -0.359 e. The number of rotatable bonds is 6. The molecule has 2 N–H and O–H groups in total. The molecule has 4 rings (SSSR count). The van der Waals surface area contributed by atoms with E-state index in [1.165, 1.54) is 23.6 Å². The molecule has 32 heavy (non-hydrogen) atoms. The summed E-state index contributed by atoms with van der Waals surface area (Å²) < 4.78 is 14.8. The van der Waals surface area contributed by atoms with Gasteiger partial charge in [0.05, 0.1) is 5.57 Å². The number of carbonyl (C=O) groups excluding carboxylic acids is 1. The topological polar surface area (TPSA) is 44.9 Å². The van der Waals surface area contributed by atoms with Gasteiger partial charge in [-0.15, -0.1) is 9.24 Å². The highest BCUT2D eigenvalue weighted by Gasteiger charge is 2.29. The van der Waals surface area contributed by atoms with E-state index in [9.17, 15) is 9.18 Å². The molecule has 166 valence electrons. The summed E-state index contributed by atoms with van der Waals surface area (Å²) in [5.41, 5.74) is 7.82. The molecule has 3 nitrogen and oxygen atoms in total. The molecule has 2 unspecified atom stereocenters. The van der Waals surface area contributed by atoms with Crippen molar-refractivity contribution < 1.29 is 9.18 Å². The van der Waals surface area contributed by atoms with E-state index in [0.717, 1.165) is 35.1 Å². The number of amides is 1. The average Bonchev–Trinajstić information content (AvgIpc) is 3.22. The fourth-order valence-electron chi connectivity index (χ4n) is 4.49. The van der Waals surface area contributed by atoms with E-state index in [1.807, 2.05) is 30.3 Å². The summed E-state index contributed by atoms with van der Waals surface area (Å²) in [7, 11) is 2.60. The summed E-state index contributed by atoms with van der Waals surface area (Å²) in [5, 5.41) is 3.72. The normalized spacial score (nSPS) is 15.2. The molecule has 0 radical (unpaired) electrons. The maximum atomic E-state index is 14.8. The van der Waals surface area contributed by atoms with Gasteiger partial charge < -0.3 is 10.3 Å². The minimum atomic E-state index is -0.302. The van der Waals surface area contributed by atoms with Gasteiger partial charge in [0.1, 0.15) is 5.82 Å². The second-order valence-corrected chi connectivity index (χ2v) is 9.39. The van der Waals surface area contributed by atoms with Crippen molar-refractivity contribution >= 4 is 37.8 Å². The van der Waals surface area contributed by atoms with E-state index in [2.05, 4.69) is 47.2 Å². The number of H-pyrrole nitrogens is 1. The maximum Gasteiger partial charge on any atom is 0.256 e. The molecule has 2 aromatic carbocycles. The maximum absolute atomic E-state index is 14.8. The Bertz CT molecular complexity index is 1200. The second kappa shape index (κ2) is 9.03. The zero-order valence-electron chi connectivity index (χ0n) is 19.1. The van der Waals surface area contributed by atoms with Gasteiger partial charge in [-0.2, -0.15) is 0 Å². The van der Waals surface area contributed by atoms with Crippen molar-refractivity contribution in [3.63, 3.8) is 0 Å². The molecule has 2 heterocycles. The summed E-state index contributed by atoms with van der Waals surface area (Å²) in [4.78, 5) is 16.4. The third-order valence-corrected chi connectivity index (χ3v) is 7.13. The first-order chi connectivity index (χ1) is 15.3. The number of fused-ring (bicyclic) bond motifs is 1. The Labute approximate surface area is 191 Å². The van der Waals surface area contributed by atoms with Gasteiger partial charge in [0.25, 0.3) is 5.91 Å². The lowest BCUT2D eigenvalue weighted by Gasteiger charge is -2.12. The smallest absolute Gasteiger partial charge is 0.256 e. The lowest BCUT2D eigenvalue weighted by atomic mass is 9.93. The molecule has 1 amide bonds. The number of benzene rings is 2. The third kappa shape index (κ3) is 4.04. The van der Waals surface area contributed by atoms with Crippen LogP contribution in [-0.2, 0) is 11.2 Å². The predicted octanol–water partition coefficient (Wildman–Crippen LogP) is 6.41. The minimum absolute atomic E-state index is 0.165. The van der Waals surface area contributed by atoms with Gasteiger partial charge in [-0.25, -0.2) is 4.39 Å². The Kier molecular flexibility index (Phi) is 6.35. The number of hydrogen-bond acceptors (Lipinski definition) is 1. The summed E-state index contributed by atoms with van der Waals surface area (Å²) >= 11 is 0. The van der Waals surface area contributed by atoms with Crippen LogP contribution in [0.25, 0.3) is 22.8 Å². The Hall–Kier alpha value is -2.71. The van der Waals surface area contributed by atoms with Crippen LogP contribution >= 0.6 is 9.24 Å². The summed E-state index contributed by atoms with van der Waals surface area (Å²) in [5.74, 6) is 0.216. The fraction of sp³-hybridized carbons (Fsp3) is 0.296. The molecule has 5 heteroatoms. The van der Waals surface area contributed by atoms with Crippen LogP contribution in [-0.4, -0.2) is 10.9 Å². The molecule has 2 atom stereocenters. The van der Waals surface area contributed by atoms with Crippen LogP contribution in [0.2, 0.25) is 0 Å². The Balaban J connectivity index is 1.81. The lowest BCUT2D eigenvalue weighted by molar-refractivity contribution is -0.110. The molecule has 0 fully saturated rings. The highest BCUT2D eigenvalue weighted by molar-refractivity contribution is 7.28. The number of carbonyl (C=O) groups is 1. The number of anilines is 1. The molecule has 0 spiro atoms. The van der Waals surface area contributed by atoms with Crippen molar-refractivity contribution in [3.05, 3.63) is 70.3 Å². The number of hydrogen-bond donors (Lipinski definition) is 2. The van der Waals surface area contributed by atoms with Crippen LogP contribution in [0.3, 0.4) is 0 Å². The molecule has 1 aliphatic heterocycles. The average molecular weight is 449 g/mol. The van der Waals surface area contributed by atoms with Crippen LogP contribution in [0.15, 0.2) is 36.4 Å². The van der Waals surface area contributed by atoms with E-state index in [4.69, 9.17) is 0 Å². The number of aromatic amines is 1. The summed E-state index contributed by atoms with van der Waals surface area (Å²) in [6.07, 6.45) is 5.26. The molecule has 1 aliphatic rings. The number of aryl methyl sites for hydroxylation is 1. The zero-order valence-corrected chi connectivity index (χ0v) is 20.3. The van der Waals surface area contributed by atoms with Gasteiger partial charge >= 0.3 is 0 Å². The van der Waals surface area contributed by atoms with Gasteiger partial charge in [-0.3, -0.25) is 4.79 Å². The van der Waals surface area contributed by atoms with Crippen LogP contribution in [0.1, 0.15) is 54.8 Å². The summed E-state index contributed by atoms with van der Waals surface area (Å²) in [6, 6.07) is 10.6. The van der Waals surface area contributed by atoms with E-state index in [0.29, 0.717) is 28.3 Å². The van der Waals surface area contributed by atoms with E-state index in [1.54, 1.807) is 6.07 Å². The first kappa shape index (κ1) is 22.5. The standard InChI is InChI=1S/C27H30FN2OP/c1-5-15(2)12-13-18-16(3)23(29-17(18)4)14-20-25-19(8-6-10-22(25)30-27(20)31)26-21(28)9-7-11-24(26)32/h6-11,14-15,29H,5,12-13,32H2,1-4H3,(H,30,31)/b20-14-. The van der Waals surface area contributed by atoms with E-state index >= 15 is 0 Å². The first-order valence-electron chi connectivity index (χ1n) is 11.2. The van der Waals surface area contributed by atoms with E-state index < -0.39 is 0 Å². The Morgan fingerprint density at radius 3 is 2.59 bits per heavy atom. The molecular formula is C27H30FN2OP. The highest BCUT2D eigenvalue weighted by Crippen LogP contribution is 2.41. The molecule has 0 aliphatic carbocycles. The Morgan fingerprint density at radius 2 is 1.88 bits per heavy atom. The molecule has 0 saturated carbocycles. The largest absolute Gasteiger partial charge is 0.359 e. The lowest BCUT2D eigenvalue weighted by Crippen LogP contribution is -2.04. The van der Waals surface area contributed by atoms with Crippen molar-refractivity contribution in [1.29, 1.82) is 0 Å². The van der Waals surface area contributed by atoms with Crippen molar-refractivity contribution in [3.8, 4) is 11.1 Å². The molecule has 0 bridgehead atoms. The summed E-state index contributed by atoms with van der Waals surface area (Å²) in [6.45, 7) is 8.71. The number of nitrogens with one attached hydrogen (secondary N) is 2. The predicted molar refractivity (Wildman–Crippen MR) is 136 cm³/mol. The van der Waals surface area contributed by atoms with Gasteiger partial charge in [0.2, 0.25) is 0 Å². The number of halogens is 1. The molecule has 0 saturated heterocycles. The monoisotopic (exact) mass is 448 g/mol. The van der Waals surface area contributed by atoms with Crippen molar-refractivity contribution in [2.45, 2.75) is 47.0 Å². The van der Waals surface area contributed by atoms with Crippen molar-refractivity contribution in [2.75, 3.05) is 5.32 Å². The van der Waals surface area contributed by atoms with Gasteiger partial charge in [0.15, 0.2) is 0 Å². The second-order valence-electron chi connectivity index (χ2n) is 8.76. The van der Waals surface area contributed by atoms with Gasteiger partial charge in [-0.05, 0) is 72.8 Å². The van der Waals surface area contributed by atoms with Crippen LogP contribution in [0.5, 0.6) is 0 Å². The van der Waals surface area contributed by atoms with Crippen molar-refractivity contribution in [2.24, 2.45) is 5.92 Å². The zero-order chi connectivity index (χ0) is 23.0. The quantitative estimate of drug-likeness (QED) is 0.332. The third-order valence-electron chi connectivity index (χ3n) is 6.65.